The number of fused-ring (bicyclic) bond motifs is 1. The fourth-order valence-electron chi connectivity index (χ4n) is 2.19. The van der Waals surface area contributed by atoms with Gasteiger partial charge in [0.25, 0.3) is 5.82 Å². The molecular weight excluding hydrogens is 321 g/mol. The summed E-state index contributed by atoms with van der Waals surface area (Å²) in [7, 11) is 0. The molecule has 0 spiro atoms. The molecule has 24 heavy (non-hydrogen) atoms. The van der Waals surface area contributed by atoms with Gasteiger partial charge in [-0.05, 0) is 36.8 Å². The van der Waals surface area contributed by atoms with E-state index in [4.69, 9.17) is 5.26 Å². The molecule has 3 rings (SSSR count). The number of benzene rings is 1. The van der Waals surface area contributed by atoms with Gasteiger partial charge in [0, 0.05) is 6.04 Å². The van der Waals surface area contributed by atoms with Crippen molar-refractivity contribution < 1.29 is 13.2 Å². The van der Waals surface area contributed by atoms with Gasteiger partial charge in [0.1, 0.15) is 5.82 Å². The third-order valence-corrected chi connectivity index (χ3v) is 3.42. The van der Waals surface area contributed by atoms with E-state index in [9.17, 15) is 13.2 Å². The molecule has 122 valence electrons. The summed E-state index contributed by atoms with van der Waals surface area (Å²) in [6.45, 7) is 1.84. The number of nitrogens with one attached hydrogen (secondary N) is 1. The fraction of sp³-hybridized carbons (Fsp3) is 0.200. The van der Waals surface area contributed by atoms with E-state index >= 15 is 0 Å². The normalized spacial score (nSPS) is 12.8. The summed E-state index contributed by atoms with van der Waals surface area (Å²) in [5.41, 5.74) is 1.42. The third-order valence-electron chi connectivity index (χ3n) is 3.42. The van der Waals surface area contributed by atoms with Gasteiger partial charge < -0.3 is 5.32 Å². The van der Waals surface area contributed by atoms with Gasteiger partial charge in [-0.15, -0.1) is 15.3 Å². The average Bonchev–Trinajstić information content (AvgIpc) is 2.98. The van der Waals surface area contributed by atoms with Crippen molar-refractivity contribution in [3.05, 3.63) is 53.3 Å². The molecule has 0 fully saturated rings. The highest BCUT2D eigenvalue weighted by molar-refractivity contribution is 5.46. The Morgan fingerprint density at radius 2 is 1.83 bits per heavy atom. The zero-order valence-corrected chi connectivity index (χ0v) is 12.4. The molecule has 2 heterocycles. The van der Waals surface area contributed by atoms with Crippen LogP contribution in [-0.4, -0.2) is 19.8 Å². The summed E-state index contributed by atoms with van der Waals surface area (Å²) in [5, 5.41) is 22.3. The first-order chi connectivity index (χ1) is 11.4. The summed E-state index contributed by atoms with van der Waals surface area (Å²) in [6.07, 6.45) is -4.64. The summed E-state index contributed by atoms with van der Waals surface area (Å²) in [5.74, 6) is -0.920. The number of hydrogen-bond donors (Lipinski definition) is 1. The fourth-order valence-corrected chi connectivity index (χ4v) is 2.19. The van der Waals surface area contributed by atoms with Gasteiger partial charge in [-0.3, -0.25) is 0 Å². The van der Waals surface area contributed by atoms with Gasteiger partial charge in [-0.25, -0.2) is 0 Å². The van der Waals surface area contributed by atoms with E-state index in [1.54, 1.807) is 24.3 Å². The van der Waals surface area contributed by atoms with Crippen LogP contribution >= 0.6 is 0 Å². The Labute approximate surface area is 134 Å². The monoisotopic (exact) mass is 332 g/mol. The van der Waals surface area contributed by atoms with Gasteiger partial charge >= 0.3 is 6.18 Å². The lowest BCUT2D eigenvalue weighted by Gasteiger charge is -2.15. The SMILES string of the molecule is CC(Nc1ccc2nnc(C(F)(F)F)n2n1)c1ccc(C#N)cc1. The first kappa shape index (κ1) is 15.7. The molecule has 0 saturated heterocycles. The molecule has 1 unspecified atom stereocenters. The van der Waals surface area contributed by atoms with E-state index < -0.39 is 12.0 Å². The van der Waals surface area contributed by atoms with E-state index in [1.165, 1.54) is 12.1 Å². The molecule has 1 atom stereocenters. The Bertz CT molecular complexity index is 908. The average molecular weight is 332 g/mol. The quantitative estimate of drug-likeness (QED) is 0.797. The van der Waals surface area contributed by atoms with Crippen molar-refractivity contribution in [2.45, 2.75) is 19.1 Å². The molecule has 0 aliphatic rings. The standard InChI is InChI=1S/C15H11F3N6/c1-9(11-4-2-10(8-19)3-5-11)20-12-6-7-13-21-22-14(15(16,17)18)24(13)23-12/h2-7,9H,1H3,(H,20,23). The second kappa shape index (κ2) is 5.81. The van der Waals surface area contributed by atoms with Crippen molar-refractivity contribution in [2.24, 2.45) is 0 Å². The molecule has 6 nitrogen and oxygen atoms in total. The summed E-state index contributed by atoms with van der Waals surface area (Å²) in [6, 6.07) is 11.6. The number of alkyl halides is 3. The highest BCUT2D eigenvalue weighted by atomic mass is 19.4. The van der Waals surface area contributed by atoms with Crippen LogP contribution in [0.3, 0.4) is 0 Å². The van der Waals surface area contributed by atoms with Gasteiger partial charge in [0.05, 0.1) is 11.6 Å². The topological polar surface area (TPSA) is 78.9 Å². The Morgan fingerprint density at radius 3 is 2.46 bits per heavy atom. The highest BCUT2D eigenvalue weighted by Crippen LogP contribution is 2.28. The van der Waals surface area contributed by atoms with E-state index in [0.29, 0.717) is 10.1 Å². The molecule has 1 aromatic carbocycles. The molecule has 3 aromatic rings. The minimum absolute atomic E-state index is 0.0129. The Morgan fingerprint density at radius 1 is 1.12 bits per heavy atom. The molecule has 0 amide bonds. The van der Waals surface area contributed by atoms with Gasteiger partial charge in [-0.1, -0.05) is 12.1 Å². The number of rotatable bonds is 3. The minimum atomic E-state index is -4.64. The van der Waals surface area contributed by atoms with Crippen LogP contribution in [0.1, 0.15) is 29.9 Å². The number of nitriles is 1. The zero-order valence-electron chi connectivity index (χ0n) is 12.4. The number of anilines is 1. The van der Waals surface area contributed by atoms with Crippen molar-refractivity contribution in [3.63, 3.8) is 0 Å². The second-order valence-electron chi connectivity index (χ2n) is 5.11. The van der Waals surface area contributed by atoms with Gasteiger partial charge in [0.15, 0.2) is 5.65 Å². The molecule has 0 aliphatic carbocycles. The summed E-state index contributed by atoms with van der Waals surface area (Å²) in [4.78, 5) is 0. The molecule has 9 heteroatoms. The lowest BCUT2D eigenvalue weighted by molar-refractivity contribution is -0.146. The molecule has 0 radical (unpaired) electrons. The largest absolute Gasteiger partial charge is 0.453 e. The van der Waals surface area contributed by atoms with Crippen LogP contribution < -0.4 is 5.32 Å². The maximum atomic E-state index is 12.9. The first-order valence-corrected chi connectivity index (χ1v) is 6.95. The van der Waals surface area contributed by atoms with Crippen LogP contribution in [0.4, 0.5) is 19.0 Å². The van der Waals surface area contributed by atoms with E-state index in [2.05, 4.69) is 20.6 Å². The summed E-state index contributed by atoms with van der Waals surface area (Å²) >= 11 is 0. The van der Waals surface area contributed by atoms with Crippen molar-refractivity contribution in [2.75, 3.05) is 5.32 Å². The van der Waals surface area contributed by atoms with Crippen molar-refractivity contribution in [3.8, 4) is 6.07 Å². The maximum absolute atomic E-state index is 12.9. The number of nitrogens with zero attached hydrogens (tertiary/aromatic N) is 5. The number of aromatic nitrogens is 4. The second-order valence-corrected chi connectivity index (χ2v) is 5.11. The van der Waals surface area contributed by atoms with Crippen LogP contribution in [0, 0.1) is 11.3 Å². The van der Waals surface area contributed by atoms with Crippen LogP contribution in [0.15, 0.2) is 36.4 Å². The molecule has 0 aliphatic heterocycles. The molecular formula is C15H11F3N6. The smallest absolute Gasteiger partial charge is 0.362 e. The van der Waals surface area contributed by atoms with Crippen molar-refractivity contribution >= 4 is 11.5 Å². The Balaban J connectivity index is 1.88. The predicted octanol–water partition coefficient (Wildman–Crippen LogP) is 3.19. The number of hydrogen-bond acceptors (Lipinski definition) is 5. The van der Waals surface area contributed by atoms with E-state index in [1.807, 2.05) is 13.0 Å². The molecule has 1 N–H and O–H groups in total. The molecule has 0 saturated carbocycles. The van der Waals surface area contributed by atoms with Crippen LogP contribution in [-0.2, 0) is 6.18 Å². The van der Waals surface area contributed by atoms with Crippen molar-refractivity contribution in [1.82, 2.24) is 19.8 Å². The minimum Gasteiger partial charge on any atom is -0.362 e. The Hall–Kier alpha value is -3.15. The van der Waals surface area contributed by atoms with Crippen LogP contribution in [0.25, 0.3) is 5.65 Å². The van der Waals surface area contributed by atoms with Crippen LogP contribution in [0.5, 0.6) is 0 Å². The lowest BCUT2D eigenvalue weighted by atomic mass is 10.1. The molecule has 0 bridgehead atoms. The van der Waals surface area contributed by atoms with E-state index in [-0.39, 0.29) is 17.5 Å². The third kappa shape index (κ3) is 2.99. The van der Waals surface area contributed by atoms with E-state index in [0.717, 1.165) is 5.56 Å². The molecule has 2 aromatic heterocycles. The van der Waals surface area contributed by atoms with Gasteiger partial charge in [-0.2, -0.15) is 22.9 Å². The lowest BCUT2D eigenvalue weighted by Crippen LogP contribution is -2.14. The highest BCUT2D eigenvalue weighted by Gasteiger charge is 2.37. The van der Waals surface area contributed by atoms with Crippen LogP contribution in [0.2, 0.25) is 0 Å². The zero-order chi connectivity index (χ0) is 17.3. The number of halogens is 3. The summed E-state index contributed by atoms with van der Waals surface area (Å²) < 4.78 is 39.3. The van der Waals surface area contributed by atoms with Crippen molar-refractivity contribution in [1.29, 1.82) is 5.26 Å². The predicted molar refractivity (Wildman–Crippen MR) is 79.0 cm³/mol. The maximum Gasteiger partial charge on any atom is 0.453 e. The first-order valence-electron chi connectivity index (χ1n) is 6.95. The van der Waals surface area contributed by atoms with Gasteiger partial charge in [0.2, 0.25) is 0 Å². The Kier molecular flexibility index (Phi) is 3.81.